The standard InChI is InChI=1S/C23H27N5O2S/c1-14-15(2)31-23-19(14)20(26-13-27-23)28-10-8-18(9-11-28)22(30)25-12-16-4-6-17(7-5-16)21(29)24-3/h4-7,13,18H,8-12H2,1-3H3,(H,24,29)(H,25,30). The van der Waals surface area contributed by atoms with Crippen LogP contribution in [0.1, 0.15) is 39.2 Å². The average Bonchev–Trinajstić information content (AvgIpc) is 3.11. The zero-order valence-corrected chi connectivity index (χ0v) is 18.9. The summed E-state index contributed by atoms with van der Waals surface area (Å²) >= 11 is 1.71. The Kier molecular flexibility index (Phi) is 6.18. The molecule has 0 radical (unpaired) electrons. The third-order valence-corrected chi connectivity index (χ3v) is 7.14. The highest BCUT2D eigenvalue weighted by Crippen LogP contribution is 2.35. The molecular formula is C23H27N5O2S. The van der Waals surface area contributed by atoms with Gasteiger partial charge in [0.15, 0.2) is 0 Å². The molecule has 8 heteroatoms. The highest BCUT2D eigenvalue weighted by atomic mass is 32.1. The highest BCUT2D eigenvalue weighted by Gasteiger charge is 2.27. The van der Waals surface area contributed by atoms with Gasteiger partial charge in [-0.25, -0.2) is 9.97 Å². The lowest BCUT2D eigenvalue weighted by Crippen LogP contribution is -2.40. The van der Waals surface area contributed by atoms with E-state index in [1.807, 2.05) is 12.1 Å². The molecule has 0 bridgehead atoms. The van der Waals surface area contributed by atoms with Crippen molar-refractivity contribution in [1.82, 2.24) is 20.6 Å². The predicted molar refractivity (Wildman–Crippen MR) is 124 cm³/mol. The van der Waals surface area contributed by atoms with E-state index in [-0.39, 0.29) is 17.7 Å². The average molecular weight is 438 g/mol. The van der Waals surface area contributed by atoms with E-state index >= 15 is 0 Å². The van der Waals surface area contributed by atoms with Crippen molar-refractivity contribution in [1.29, 1.82) is 0 Å². The van der Waals surface area contributed by atoms with Crippen molar-refractivity contribution in [2.24, 2.45) is 5.92 Å². The van der Waals surface area contributed by atoms with Crippen molar-refractivity contribution in [2.45, 2.75) is 33.2 Å². The van der Waals surface area contributed by atoms with E-state index in [4.69, 9.17) is 0 Å². The molecule has 2 N–H and O–H groups in total. The fraction of sp³-hybridized carbons (Fsp3) is 0.391. The largest absolute Gasteiger partial charge is 0.356 e. The Hall–Kier alpha value is -3.00. The molecule has 2 aromatic heterocycles. The van der Waals surface area contributed by atoms with Crippen molar-refractivity contribution in [3.05, 3.63) is 52.2 Å². The van der Waals surface area contributed by atoms with E-state index in [2.05, 4.69) is 39.3 Å². The summed E-state index contributed by atoms with van der Waals surface area (Å²) in [5.41, 5.74) is 2.84. The number of piperidine rings is 1. The van der Waals surface area contributed by atoms with Crippen LogP contribution in [0.3, 0.4) is 0 Å². The van der Waals surface area contributed by atoms with Crippen molar-refractivity contribution in [3.8, 4) is 0 Å². The van der Waals surface area contributed by atoms with Gasteiger partial charge in [-0.3, -0.25) is 9.59 Å². The summed E-state index contributed by atoms with van der Waals surface area (Å²) in [6.45, 7) is 6.32. The molecule has 1 aliphatic heterocycles. The minimum Gasteiger partial charge on any atom is -0.356 e. The molecule has 162 valence electrons. The van der Waals surface area contributed by atoms with Crippen LogP contribution < -0.4 is 15.5 Å². The zero-order valence-electron chi connectivity index (χ0n) is 18.1. The van der Waals surface area contributed by atoms with Crippen LogP contribution in [0.4, 0.5) is 5.82 Å². The van der Waals surface area contributed by atoms with Crippen LogP contribution in [-0.2, 0) is 11.3 Å². The number of carbonyl (C=O) groups excluding carboxylic acids is 2. The number of rotatable bonds is 5. The smallest absolute Gasteiger partial charge is 0.251 e. The molecule has 3 heterocycles. The minimum absolute atomic E-state index is 0.00373. The van der Waals surface area contributed by atoms with Crippen LogP contribution in [0.25, 0.3) is 10.2 Å². The monoisotopic (exact) mass is 437 g/mol. The second-order valence-corrected chi connectivity index (χ2v) is 9.12. The number of hydrogen-bond donors (Lipinski definition) is 2. The molecule has 2 amide bonds. The molecule has 3 aromatic rings. The minimum atomic E-state index is -0.115. The maximum atomic E-state index is 12.7. The van der Waals surface area contributed by atoms with Crippen LogP contribution in [0.5, 0.6) is 0 Å². The van der Waals surface area contributed by atoms with Gasteiger partial charge in [0.25, 0.3) is 5.91 Å². The third kappa shape index (κ3) is 4.39. The summed E-state index contributed by atoms with van der Waals surface area (Å²) in [5.74, 6) is 0.965. The quantitative estimate of drug-likeness (QED) is 0.640. The van der Waals surface area contributed by atoms with Gasteiger partial charge in [-0.05, 0) is 49.9 Å². The van der Waals surface area contributed by atoms with Gasteiger partial charge in [-0.2, -0.15) is 0 Å². The number of carbonyl (C=O) groups is 2. The van der Waals surface area contributed by atoms with Crippen molar-refractivity contribution in [2.75, 3.05) is 25.0 Å². The number of fused-ring (bicyclic) bond motifs is 1. The number of hydrogen-bond acceptors (Lipinski definition) is 6. The van der Waals surface area contributed by atoms with E-state index in [0.29, 0.717) is 12.1 Å². The van der Waals surface area contributed by atoms with Crippen molar-refractivity contribution >= 4 is 39.2 Å². The Morgan fingerprint density at radius 3 is 2.52 bits per heavy atom. The summed E-state index contributed by atoms with van der Waals surface area (Å²) in [6, 6.07) is 7.29. The highest BCUT2D eigenvalue weighted by molar-refractivity contribution is 7.18. The fourth-order valence-electron chi connectivity index (χ4n) is 4.01. The normalized spacial score (nSPS) is 14.6. The summed E-state index contributed by atoms with van der Waals surface area (Å²) < 4.78 is 0. The number of amides is 2. The molecular weight excluding hydrogens is 410 g/mol. The number of aryl methyl sites for hydroxylation is 2. The lowest BCUT2D eigenvalue weighted by molar-refractivity contribution is -0.125. The van der Waals surface area contributed by atoms with Gasteiger partial charge in [0.1, 0.15) is 17.0 Å². The number of nitrogens with one attached hydrogen (secondary N) is 2. The first-order valence-corrected chi connectivity index (χ1v) is 11.3. The van der Waals surface area contributed by atoms with Gasteiger partial charge in [0.2, 0.25) is 5.91 Å². The maximum Gasteiger partial charge on any atom is 0.251 e. The Bertz CT molecular complexity index is 1100. The Morgan fingerprint density at radius 1 is 1.13 bits per heavy atom. The molecule has 1 fully saturated rings. The second-order valence-electron chi connectivity index (χ2n) is 7.92. The molecule has 0 spiro atoms. The topological polar surface area (TPSA) is 87.2 Å². The number of benzene rings is 1. The van der Waals surface area contributed by atoms with Crippen LogP contribution in [0.2, 0.25) is 0 Å². The summed E-state index contributed by atoms with van der Waals surface area (Å²) in [5, 5.41) is 6.80. The molecule has 1 aliphatic rings. The van der Waals surface area contributed by atoms with Gasteiger partial charge in [-0.1, -0.05) is 12.1 Å². The fourth-order valence-corrected chi connectivity index (χ4v) is 5.00. The Morgan fingerprint density at radius 2 is 1.84 bits per heavy atom. The van der Waals surface area contributed by atoms with Crippen molar-refractivity contribution in [3.63, 3.8) is 0 Å². The van der Waals surface area contributed by atoms with Crippen LogP contribution >= 0.6 is 11.3 Å². The molecule has 31 heavy (non-hydrogen) atoms. The van der Waals surface area contributed by atoms with Gasteiger partial charge in [-0.15, -0.1) is 11.3 Å². The van der Waals surface area contributed by atoms with Crippen molar-refractivity contribution < 1.29 is 9.59 Å². The van der Waals surface area contributed by atoms with Crippen LogP contribution in [0.15, 0.2) is 30.6 Å². The first kappa shape index (κ1) is 21.2. The number of aromatic nitrogens is 2. The van der Waals surface area contributed by atoms with Gasteiger partial charge in [0, 0.05) is 43.0 Å². The third-order valence-electron chi connectivity index (χ3n) is 6.02. The van der Waals surface area contributed by atoms with Gasteiger partial charge in [0.05, 0.1) is 5.39 Å². The Balaban J connectivity index is 1.34. The molecule has 4 rings (SSSR count). The number of anilines is 1. The summed E-state index contributed by atoms with van der Waals surface area (Å²) in [4.78, 5) is 37.9. The van der Waals surface area contributed by atoms with Crippen LogP contribution in [-0.4, -0.2) is 41.9 Å². The van der Waals surface area contributed by atoms with E-state index in [9.17, 15) is 9.59 Å². The number of thiophene rings is 1. The number of nitrogens with zero attached hydrogens (tertiary/aromatic N) is 3. The van der Waals surface area contributed by atoms with Gasteiger partial charge >= 0.3 is 0 Å². The van der Waals surface area contributed by atoms with E-state index in [0.717, 1.165) is 47.5 Å². The van der Waals surface area contributed by atoms with Gasteiger partial charge < -0.3 is 15.5 Å². The lowest BCUT2D eigenvalue weighted by Gasteiger charge is -2.32. The predicted octanol–water partition coefficient (Wildman–Crippen LogP) is 3.20. The van der Waals surface area contributed by atoms with E-state index < -0.39 is 0 Å². The SMILES string of the molecule is CNC(=O)c1ccc(CNC(=O)C2CCN(c3ncnc4sc(C)c(C)c34)CC2)cc1. The zero-order chi connectivity index (χ0) is 22.0. The lowest BCUT2D eigenvalue weighted by atomic mass is 9.95. The second kappa shape index (κ2) is 9.01. The molecule has 0 unspecified atom stereocenters. The van der Waals surface area contributed by atoms with E-state index in [1.165, 1.54) is 10.4 Å². The maximum absolute atomic E-state index is 12.7. The molecule has 1 saturated heterocycles. The molecule has 1 aromatic carbocycles. The molecule has 0 aliphatic carbocycles. The van der Waals surface area contributed by atoms with E-state index in [1.54, 1.807) is 36.8 Å². The first-order chi connectivity index (χ1) is 15.0. The summed E-state index contributed by atoms with van der Waals surface area (Å²) in [6.07, 6.45) is 3.24. The molecule has 0 atom stereocenters. The summed E-state index contributed by atoms with van der Waals surface area (Å²) in [7, 11) is 1.61. The molecule has 0 saturated carbocycles. The van der Waals surface area contributed by atoms with Crippen LogP contribution in [0, 0.1) is 19.8 Å². The Labute approximate surface area is 185 Å². The first-order valence-electron chi connectivity index (χ1n) is 10.5. The molecule has 7 nitrogen and oxygen atoms in total.